The van der Waals surface area contributed by atoms with E-state index in [4.69, 9.17) is 14.7 Å². The van der Waals surface area contributed by atoms with Gasteiger partial charge in [0, 0.05) is 5.75 Å². The Morgan fingerprint density at radius 2 is 1.50 bits per heavy atom. The molecule has 0 aliphatic carbocycles. The molecule has 0 spiro atoms. The molecule has 20 heavy (non-hydrogen) atoms. The Bertz CT molecular complexity index is 578. The highest BCUT2D eigenvalue weighted by molar-refractivity contribution is 8.03. The minimum absolute atomic E-state index is 0.295. The van der Waals surface area contributed by atoms with E-state index in [-0.39, 0.29) is 5.82 Å². The zero-order valence-electron chi connectivity index (χ0n) is 10.6. The highest BCUT2D eigenvalue weighted by atomic mass is 32.2. The summed E-state index contributed by atoms with van der Waals surface area (Å²) in [5, 5.41) is 10.4. The number of hydrogen-bond acceptors (Lipinski definition) is 4. The molecule has 0 atom stereocenters. The number of nitrogens with zero attached hydrogens (tertiary/aromatic N) is 1. The van der Waals surface area contributed by atoms with Gasteiger partial charge in [0.15, 0.2) is 0 Å². The lowest BCUT2D eigenvalue weighted by Crippen LogP contribution is -1.99. The van der Waals surface area contributed by atoms with E-state index in [0.29, 0.717) is 23.9 Å². The molecular weight excluding hydrogens is 277 g/mol. The first-order valence-electron chi connectivity index (χ1n) is 5.95. The maximum Gasteiger partial charge on any atom is 0.133 e. The number of thioether (sulfide) groups is 1. The first kappa shape index (κ1) is 14.2. The van der Waals surface area contributed by atoms with Crippen molar-refractivity contribution in [3.05, 3.63) is 54.3 Å². The molecular formula is C15H12FNO2S. The molecule has 102 valence electrons. The van der Waals surface area contributed by atoms with E-state index in [9.17, 15) is 4.39 Å². The fraction of sp³-hybridized carbons (Fsp3) is 0.133. The molecule has 2 aromatic rings. The predicted molar refractivity (Wildman–Crippen MR) is 76.5 cm³/mol. The fourth-order valence-corrected chi connectivity index (χ4v) is 1.75. The van der Waals surface area contributed by atoms with Crippen LogP contribution in [0.1, 0.15) is 0 Å². The first-order chi connectivity index (χ1) is 9.78. The SMILES string of the molecule is N#CSCCOc1ccc(Oc2ccc(F)cc2)cc1. The number of hydrogen-bond donors (Lipinski definition) is 0. The summed E-state index contributed by atoms with van der Waals surface area (Å²) >= 11 is 1.16. The van der Waals surface area contributed by atoms with Crippen LogP contribution in [0.15, 0.2) is 48.5 Å². The summed E-state index contributed by atoms with van der Waals surface area (Å²) in [6.07, 6.45) is 0. The summed E-state index contributed by atoms with van der Waals surface area (Å²) < 4.78 is 23.8. The Labute approximate surface area is 120 Å². The number of thiocyanates is 1. The van der Waals surface area contributed by atoms with Crippen molar-refractivity contribution in [1.82, 2.24) is 0 Å². The average molecular weight is 289 g/mol. The standard InChI is InChI=1S/C15H12FNO2S/c16-12-1-3-14(4-2-12)19-15-7-5-13(6-8-15)18-9-10-20-11-17/h1-8H,9-10H2. The van der Waals surface area contributed by atoms with Crippen LogP contribution in [0.3, 0.4) is 0 Å². The van der Waals surface area contributed by atoms with Crippen LogP contribution >= 0.6 is 11.8 Å². The Hall–Kier alpha value is -2.19. The molecule has 0 amide bonds. The number of ether oxygens (including phenoxy) is 2. The number of rotatable bonds is 6. The molecule has 0 radical (unpaired) electrons. The van der Waals surface area contributed by atoms with E-state index in [1.165, 1.54) is 12.1 Å². The van der Waals surface area contributed by atoms with E-state index in [0.717, 1.165) is 17.5 Å². The fourth-order valence-electron chi connectivity index (χ4n) is 1.49. The normalized spacial score (nSPS) is 9.80. The quantitative estimate of drug-likeness (QED) is 0.590. The van der Waals surface area contributed by atoms with Crippen molar-refractivity contribution in [3.8, 4) is 22.6 Å². The summed E-state index contributed by atoms with van der Waals surface area (Å²) in [4.78, 5) is 0. The second-order valence-electron chi connectivity index (χ2n) is 3.82. The van der Waals surface area contributed by atoms with Gasteiger partial charge >= 0.3 is 0 Å². The monoisotopic (exact) mass is 289 g/mol. The minimum Gasteiger partial charge on any atom is -0.493 e. The predicted octanol–water partition coefficient (Wildman–Crippen LogP) is 4.21. The van der Waals surface area contributed by atoms with Crippen LogP contribution in [0.2, 0.25) is 0 Å². The van der Waals surface area contributed by atoms with Gasteiger partial charge in [-0.25, -0.2) is 4.39 Å². The Balaban J connectivity index is 1.88. The van der Waals surface area contributed by atoms with Gasteiger partial charge in [0.25, 0.3) is 0 Å². The van der Waals surface area contributed by atoms with Gasteiger partial charge in [-0.15, -0.1) is 0 Å². The molecule has 0 saturated carbocycles. The van der Waals surface area contributed by atoms with Crippen molar-refractivity contribution in [2.45, 2.75) is 0 Å². The largest absolute Gasteiger partial charge is 0.493 e. The molecule has 0 unspecified atom stereocenters. The van der Waals surface area contributed by atoms with Gasteiger partial charge in [0.2, 0.25) is 0 Å². The Morgan fingerprint density at radius 1 is 0.950 bits per heavy atom. The van der Waals surface area contributed by atoms with Crippen molar-refractivity contribution in [3.63, 3.8) is 0 Å². The number of halogens is 1. The van der Waals surface area contributed by atoms with Crippen molar-refractivity contribution < 1.29 is 13.9 Å². The van der Waals surface area contributed by atoms with Gasteiger partial charge in [-0.1, -0.05) is 0 Å². The zero-order chi connectivity index (χ0) is 14.2. The van der Waals surface area contributed by atoms with Crippen LogP contribution in [0.4, 0.5) is 4.39 Å². The molecule has 0 saturated heterocycles. The molecule has 0 aliphatic rings. The van der Waals surface area contributed by atoms with Crippen LogP contribution in [0.25, 0.3) is 0 Å². The molecule has 0 aromatic heterocycles. The molecule has 5 heteroatoms. The number of nitriles is 1. The van der Waals surface area contributed by atoms with Crippen molar-refractivity contribution in [2.75, 3.05) is 12.4 Å². The summed E-state index contributed by atoms with van der Waals surface area (Å²) in [6, 6.07) is 13.0. The maximum atomic E-state index is 12.8. The second-order valence-corrected chi connectivity index (χ2v) is 4.70. The molecule has 2 aromatic carbocycles. The average Bonchev–Trinajstić information content (AvgIpc) is 2.48. The van der Waals surface area contributed by atoms with Gasteiger partial charge in [-0.05, 0) is 60.3 Å². The molecule has 0 bridgehead atoms. The van der Waals surface area contributed by atoms with E-state index >= 15 is 0 Å². The third kappa shape index (κ3) is 4.48. The maximum absolute atomic E-state index is 12.8. The third-order valence-electron chi connectivity index (χ3n) is 2.39. The molecule has 0 N–H and O–H groups in total. The lowest BCUT2D eigenvalue weighted by atomic mass is 10.3. The van der Waals surface area contributed by atoms with Crippen molar-refractivity contribution in [1.29, 1.82) is 5.26 Å². The first-order valence-corrected chi connectivity index (χ1v) is 6.93. The van der Waals surface area contributed by atoms with E-state index in [1.807, 2.05) is 5.40 Å². The van der Waals surface area contributed by atoms with Crippen LogP contribution in [0.5, 0.6) is 17.2 Å². The molecule has 0 aliphatic heterocycles. The van der Waals surface area contributed by atoms with Crippen LogP contribution in [-0.4, -0.2) is 12.4 Å². The summed E-state index contributed by atoms with van der Waals surface area (Å²) in [6.45, 7) is 0.483. The zero-order valence-corrected chi connectivity index (χ0v) is 11.4. The van der Waals surface area contributed by atoms with Gasteiger partial charge in [0.1, 0.15) is 28.5 Å². The summed E-state index contributed by atoms with van der Waals surface area (Å²) in [5.74, 6) is 2.27. The molecule has 0 heterocycles. The van der Waals surface area contributed by atoms with Crippen LogP contribution < -0.4 is 9.47 Å². The molecule has 3 nitrogen and oxygen atoms in total. The molecule has 2 rings (SSSR count). The summed E-state index contributed by atoms with van der Waals surface area (Å²) in [7, 11) is 0. The van der Waals surface area contributed by atoms with E-state index in [2.05, 4.69) is 0 Å². The third-order valence-corrected chi connectivity index (χ3v) is 2.89. The Morgan fingerprint density at radius 3 is 2.10 bits per heavy atom. The van der Waals surface area contributed by atoms with Gasteiger partial charge in [-0.3, -0.25) is 0 Å². The van der Waals surface area contributed by atoms with Crippen LogP contribution in [0, 0.1) is 16.5 Å². The van der Waals surface area contributed by atoms with Gasteiger partial charge in [0.05, 0.1) is 6.61 Å². The lowest BCUT2D eigenvalue weighted by Gasteiger charge is -2.07. The van der Waals surface area contributed by atoms with Crippen LogP contribution in [-0.2, 0) is 0 Å². The van der Waals surface area contributed by atoms with Gasteiger partial charge in [-0.2, -0.15) is 5.26 Å². The van der Waals surface area contributed by atoms with Crippen molar-refractivity contribution >= 4 is 11.8 Å². The smallest absolute Gasteiger partial charge is 0.133 e. The Kier molecular flexibility index (Phi) is 5.27. The van der Waals surface area contributed by atoms with Gasteiger partial charge < -0.3 is 9.47 Å². The highest BCUT2D eigenvalue weighted by Gasteiger charge is 1.99. The lowest BCUT2D eigenvalue weighted by molar-refractivity contribution is 0.343. The molecule has 0 fully saturated rings. The topological polar surface area (TPSA) is 42.2 Å². The summed E-state index contributed by atoms with van der Waals surface area (Å²) in [5.41, 5.74) is 0. The highest BCUT2D eigenvalue weighted by Crippen LogP contribution is 2.24. The second kappa shape index (κ2) is 7.41. The minimum atomic E-state index is -0.295. The van der Waals surface area contributed by atoms with Crippen molar-refractivity contribution in [2.24, 2.45) is 0 Å². The van der Waals surface area contributed by atoms with E-state index < -0.39 is 0 Å². The number of benzene rings is 2. The van der Waals surface area contributed by atoms with E-state index in [1.54, 1.807) is 36.4 Å².